The van der Waals surface area contributed by atoms with Crippen molar-refractivity contribution in [3.8, 4) is 0 Å². The number of nitrogens with zero attached hydrogens (tertiary/aromatic N) is 1. The summed E-state index contributed by atoms with van der Waals surface area (Å²) in [4.78, 5) is 12.4. The summed E-state index contributed by atoms with van der Waals surface area (Å²) in [6.45, 7) is 2.36. The number of likely N-dealkylation sites (tertiary alicyclic amines) is 1. The van der Waals surface area contributed by atoms with E-state index in [1.54, 1.807) is 18.2 Å². The molecule has 26 heavy (non-hydrogen) atoms. The van der Waals surface area contributed by atoms with Gasteiger partial charge in [0.2, 0.25) is 0 Å². The first-order valence-electron chi connectivity index (χ1n) is 8.85. The number of quaternary nitrogens is 1. The molecule has 0 spiro atoms. The summed E-state index contributed by atoms with van der Waals surface area (Å²) in [5.74, 6) is -0.0381. The lowest BCUT2D eigenvalue weighted by Gasteiger charge is -2.42. The van der Waals surface area contributed by atoms with Crippen LogP contribution in [0.5, 0.6) is 0 Å². The molecule has 1 heterocycles. The molecule has 1 saturated heterocycles. The summed E-state index contributed by atoms with van der Waals surface area (Å²) < 4.78 is 31.5. The molecule has 1 fully saturated rings. The zero-order chi connectivity index (χ0) is 18.6. The molecule has 0 bridgehead atoms. The van der Waals surface area contributed by atoms with Crippen molar-refractivity contribution in [3.63, 3.8) is 0 Å². The van der Waals surface area contributed by atoms with Crippen molar-refractivity contribution in [2.45, 2.75) is 43.7 Å². The maximum absolute atomic E-state index is 12.9. The van der Waals surface area contributed by atoms with E-state index in [1.165, 1.54) is 19.1 Å². The fraction of sp³-hybridized carbons (Fsp3) is 0.350. The van der Waals surface area contributed by atoms with Crippen molar-refractivity contribution in [2.24, 2.45) is 0 Å². The second kappa shape index (κ2) is 7.70. The van der Waals surface area contributed by atoms with Crippen LogP contribution in [0.3, 0.4) is 0 Å². The van der Waals surface area contributed by atoms with E-state index in [0.717, 1.165) is 18.4 Å². The number of carbonyl (C=O) groups excluding carboxylic acids is 1. The van der Waals surface area contributed by atoms with Crippen molar-refractivity contribution >= 4 is 15.9 Å². The predicted octanol–water partition coefficient (Wildman–Crippen LogP) is 3.47. The van der Waals surface area contributed by atoms with Crippen LogP contribution >= 0.6 is 0 Å². The zero-order valence-electron chi connectivity index (χ0n) is 14.9. The van der Waals surface area contributed by atoms with E-state index in [2.05, 4.69) is 0 Å². The van der Waals surface area contributed by atoms with Crippen molar-refractivity contribution in [3.05, 3.63) is 66.2 Å². The first-order chi connectivity index (χ1) is 12.4. The number of hydrogen-bond donors (Lipinski definition) is 0. The number of rotatable bonds is 6. The summed E-state index contributed by atoms with van der Waals surface area (Å²) in [7, 11) is -3.98. The molecule has 0 saturated carbocycles. The fourth-order valence-electron chi connectivity index (χ4n) is 3.67. The summed E-state index contributed by atoms with van der Waals surface area (Å²) in [6.07, 6.45) is 2.35. The van der Waals surface area contributed by atoms with Gasteiger partial charge >= 0.3 is 10.1 Å². The summed E-state index contributed by atoms with van der Waals surface area (Å²) in [5, 5.41) is 0. The summed E-state index contributed by atoms with van der Waals surface area (Å²) in [5.41, 5.74) is 0.948. The highest BCUT2D eigenvalue weighted by Gasteiger charge is 2.48. The minimum Gasteiger partial charge on any atom is -0.293 e. The second-order valence-electron chi connectivity index (χ2n) is 6.78. The molecule has 2 aromatic rings. The van der Waals surface area contributed by atoms with Crippen LogP contribution < -0.4 is 0 Å². The molecule has 0 aromatic heterocycles. The molecule has 2 aromatic carbocycles. The third-order valence-electron chi connectivity index (χ3n) is 4.87. The molecule has 3 rings (SSSR count). The van der Waals surface area contributed by atoms with Gasteiger partial charge in [0.05, 0.1) is 4.90 Å². The average Bonchev–Trinajstić information content (AvgIpc) is 2.63. The van der Waals surface area contributed by atoms with Crippen LogP contribution in [0.4, 0.5) is 0 Å². The first kappa shape index (κ1) is 18.8. The Kier molecular flexibility index (Phi) is 5.55. The van der Waals surface area contributed by atoms with E-state index in [4.69, 9.17) is 4.28 Å². The van der Waals surface area contributed by atoms with Crippen LogP contribution in [0.1, 0.15) is 31.7 Å². The van der Waals surface area contributed by atoms with Gasteiger partial charge in [-0.2, -0.15) is 8.42 Å². The maximum atomic E-state index is 12.9. The molecular formula is C20H24NO4S+. The molecule has 138 valence electrons. The number of hydroxylamine groups is 3. The lowest BCUT2D eigenvalue weighted by Crippen LogP contribution is -2.60. The van der Waals surface area contributed by atoms with Gasteiger partial charge in [-0.3, -0.25) is 4.79 Å². The normalized spacial score (nSPS) is 23.5. The third kappa shape index (κ3) is 4.03. The fourth-order valence-corrected chi connectivity index (χ4v) is 4.86. The van der Waals surface area contributed by atoms with Gasteiger partial charge in [0.15, 0.2) is 11.8 Å². The van der Waals surface area contributed by atoms with E-state index >= 15 is 0 Å². The topological polar surface area (TPSA) is 60.4 Å². The van der Waals surface area contributed by atoms with Crippen LogP contribution in [0.25, 0.3) is 0 Å². The Bertz CT molecular complexity index is 852. The molecule has 2 atom stereocenters. The molecule has 0 N–H and O–H groups in total. The molecule has 1 aliphatic heterocycles. The van der Waals surface area contributed by atoms with Gasteiger partial charge in [0.25, 0.3) is 0 Å². The monoisotopic (exact) mass is 374 g/mol. The number of piperidine rings is 1. The second-order valence-corrected chi connectivity index (χ2v) is 8.31. The summed E-state index contributed by atoms with van der Waals surface area (Å²) >= 11 is 0. The Labute approximate surface area is 154 Å². The van der Waals surface area contributed by atoms with E-state index in [9.17, 15) is 13.2 Å². The van der Waals surface area contributed by atoms with Crippen molar-refractivity contribution in [1.82, 2.24) is 0 Å². The van der Waals surface area contributed by atoms with Crippen LogP contribution in [-0.4, -0.2) is 31.4 Å². The predicted molar refractivity (Wildman–Crippen MR) is 98.3 cm³/mol. The lowest BCUT2D eigenvalue weighted by atomic mass is 9.97. The van der Waals surface area contributed by atoms with Gasteiger partial charge in [-0.25, -0.2) is 0 Å². The standard InChI is InChI=1S/C20H24NO4S/c1-17(22)20-14-8-9-15-21(20,16-18-10-4-2-5-11-18)25-26(23,24)19-12-6-3-7-13-19/h2-7,10-13,20H,8-9,14-16H2,1H3/q+1. The highest BCUT2D eigenvalue weighted by molar-refractivity contribution is 7.86. The van der Waals surface area contributed by atoms with Crippen molar-refractivity contribution < 1.29 is 22.1 Å². The quantitative estimate of drug-likeness (QED) is 0.727. The Morgan fingerprint density at radius 1 is 1.04 bits per heavy atom. The van der Waals surface area contributed by atoms with E-state index in [0.29, 0.717) is 19.5 Å². The molecular weight excluding hydrogens is 350 g/mol. The van der Waals surface area contributed by atoms with Crippen LogP contribution in [0, 0.1) is 0 Å². The van der Waals surface area contributed by atoms with Crippen LogP contribution in [0.15, 0.2) is 65.6 Å². The smallest absolute Gasteiger partial charge is 0.293 e. The largest absolute Gasteiger partial charge is 0.342 e. The van der Waals surface area contributed by atoms with Gasteiger partial charge < -0.3 is 0 Å². The van der Waals surface area contributed by atoms with E-state index in [-0.39, 0.29) is 15.3 Å². The van der Waals surface area contributed by atoms with Gasteiger partial charge in [0.1, 0.15) is 13.1 Å². The highest BCUT2D eigenvalue weighted by Crippen LogP contribution is 2.33. The number of Topliss-reactive ketones (excluding diaryl/α,β-unsaturated/α-hetero) is 1. The number of benzene rings is 2. The highest BCUT2D eigenvalue weighted by atomic mass is 32.2. The Hall–Kier alpha value is -2.02. The zero-order valence-corrected chi connectivity index (χ0v) is 15.7. The lowest BCUT2D eigenvalue weighted by molar-refractivity contribution is -1.11. The van der Waals surface area contributed by atoms with Crippen LogP contribution in [0.2, 0.25) is 0 Å². The van der Waals surface area contributed by atoms with Gasteiger partial charge in [-0.05, 0) is 25.0 Å². The number of hydrogen-bond acceptors (Lipinski definition) is 4. The van der Waals surface area contributed by atoms with Gasteiger partial charge in [0, 0.05) is 18.9 Å². The van der Waals surface area contributed by atoms with E-state index < -0.39 is 16.2 Å². The SMILES string of the molecule is CC(=O)C1CCCC[N+]1(Cc1ccccc1)OS(=O)(=O)c1ccccc1. The van der Waals surface area contributed by atoms with Crippen LogP contribution in [-0.2, 0) is 25.7 Å². The Morgan fingerprint density at radius 3 is 2.27 bits per heavy atom. The molecule has 0 aliphatic carbocycles. The number of ketones is 1. The first-order valence-corrected chi connectivity index (χ1v) is 10.3. The molecule has 6 heteroatoms. The van der Waals surface area contributed by atoms with Gasteiger partial charge in [-0.1, -0.05) is 52.8 Å². The third-order valence-corrected chi connectivity index (χ3v) is 6.22. The molecule has 1 aliphatic rings. The molecule has 5 nitrogen and oxygen atoms in total. The van der Waals surface area contributed by atoms with Gasteiger partial charge in [-0.15, -0.1) is 4.65 Å². The minimum atomic E-state index is -3.98. The van der Waals surface area contributed by atoms with Crippen molar-refractivity contribution in [1.29, 1.82) is 0 Å². The van der Waals surface area contributed by atoms with Crippen molar-refractivity contribution in [2.75, 3.05) is 6.54 Å². The Balaban J connectivity index is 2.01. The number of carbonyl (C=O) groups is 1. The average molecular weight is 374 g/mol. The Morgan fingerprint density at radius 2 is 1.65 bits per heavy atom. The maximum Gasteiger partial charge on any atom is 0.342 e. The molecule has 0 radical (unpaired) electrons. The van der Waals surface area contributed by atoms with E-state index in [1.807, 2.05) is 30.3 Å². The minimum absolute atomic E-state index is 0.0381. The molecule has 2 unspecified atom stereocenters. The molecule has 0 amide bonds. The summed E-state index contributed by atoms with van der Waals surface area (Å²) in [6, 6.07) is 17.2.